The van der Waals surface area contributed by atoms with E-state index in [2.05, 4.69) is 4.98 Å². The molecule has 2 heterocycles. The molecule has 0 amide bonds. The van der Waals surface area contributed by atoms with Crippen LogP contribution in [0.1, 0.15) is 31.4 Å². The Bertz CT molecular complexity index is 701. The van der Waals surface area contributed by atoms with Crippen molar-refractivity contribution in [3.8, 4) is 0 Å². The first-order chi connectivity index (χ1) is 10.6. The second-order valence-corrected chi connectivity index (χ2v) is 8.06. The van der Waals surface area contributed by atoms with Gasteiger partial charge in [-0.25, -0.2) is 8.42 Å². The molecule has 1 saturated carbocycles. The fourth-order valence-corrected chi connectivity index (χ4v) is 4.77. The summed E-state index contributed by atoms with van der Waals surface area (Å²) in [5.41, 5.74) is -2.25. The number of aromatic nitrogens is 1. The van der Waals surface area contributed by atoms with Gasteiger partial charge in [-0.1, -0.05) is 0 Å². The molecule has 1 atom stereocenters. The Morgan fingerprint density at radius 3 is 2.65 bits per heavy atom. The molecule has 0 radical (unpaired) electrons. The van der Waals surface area contributed by atoms with Crippen LogP contribution in [0.3, 0.4) is 0 Å². The van der Waals surface area contributed by atoms with Crippen molar-refractivity contribution in [2.24, 2.45) is 5.92 Å². The lowest BCUT2D eigenvalue weighted by Gasteiger charge is -2.34. The van der Waals surface area contributed by atoms with Gasteiger partial charge in [-0.05, 0) is 37.8 Å². The van der Waals surface area contributed by atoms with E-state index in [-0.39, 0.29) is 19.0 Å². The predicted molar refractivity (Wildman–Crippen MR) is 74.9 cm³/mol. The molecule has 5 nitrogen and oxygen atoms in total. The van der Waals surface area contributed by atoms with Crippen LogP contribution >= 0.6 is 0 Å². The van der Waals surface area contributed by atoms with Crippen LogP contribution in [-0.2, 0) is 16.2 Å². The molecule has 23 heavy (non-hydrogen) atoms. The van der Waals surface area contributed by atoms with Gasteiger partial charge in [0.1, 0.15) is 4.90 Å². The van der Waals surface area contributed by atoms with E-state index in [0.717, 1.165) is 16.6 Å². The minimum Gasteiger partial charge on any atom is -0.390 e. The average Bonchev–Trinajstić information content (AvgIpc) is 3.26. The standard InChI is InChI=1S/C14H17F3N2O3S/c15-14(16,17)12-11(4-1-7-18-12)23(21,22)19-8-2-3-10(9-19)13(20)5-6-13/h1,4,7,10,20H,2-3,5-6,8-9H2. The van der Waals surface area contributed by atoms with E-state index in [1.165, 1.54) is 6.07 Å². The molecule has 0 bridgehead atoms. The number of rotatable bonds is 3. The number of halogens is 3. The molecule has 1 saturated heterocycles. The van der Waals surface area contributed by atoms with E-state index in [1.54, 1.807) is 0 Å². The minimum atomic E-state index is -4.84. The number of pyridine rings is 1. The topological polar surface area (TPSA) is 70.5 Å². The van der Waals surface area contributed by atoms with Crippen LogP contribution in [0.4, 0.5) is 13.2 Å². The molecule has 0 aromatic carbocycles. The van der Waals surface area contributed by atoms with Crippen LogP contribution in [0.25, 0.3) is 0 Å². The van der Waals surface area contributed by atoms with Gasteiger partial charge in [-0.3, -0.25) is 4.98 Å². The lowest BCUT2D eigenvalue weighted by molar-refractivity contribution is -0.143. The Kier molecular flexibility index (Phi) is 3.93. The van der Waals surface area contributed by atoms with Gasteiger partial charge in [0.25, 0.3) is 0 Å². The van der Waals surface area contributed by atoms with Crippen LogP contribution in [0.2, 0.25) is 0 Å². The van der Waals surface area contributed by atoms with Crippen LogP contribution in [0.5, 0.6) is 0 Å². The van der Waals surface area contributed by atoms with E-state index >= 15 is 0 Å². The third-order valence-corrected chi connectivity index (χ3v) is 6.46. The molecule has 9 heteroatoms. The highest BCUT2D eigenvalue weighted by molar-refractivity contribution is 7.89. The first-order valence-corrected chi connectivity index (χ1v) is 8.83. The van der Waals surface area contributed by atoms with Crippen molar-refractivity contribution in [3.05, 3.63) is 24.0 Å². The van der Waals surface area contributed by atoms with Crippen LogP contribution in [0, 0.1) is 5.92 Å². The van der Waals surface area contributed by atoms with Gasteiger partial charge in [0.2, 0.25) is 10.0 Å². The second kappa shape index (κ2) is 5.42. The minimum absolute atomic E-state index is 0.0467. The van der Waals surface area contributed by atoms with Gasteiger partial charge in [-0.2, -0.15) is 17.5 Å². The van der Waals surface area contributed by atoms with Gasteiger partial charge >= 0.3 is 6.18 Å². The molecule has 1 N–H and O–H groups in total. The van der Waals surface area contributed by atoms with Gasteiger partial charge in [-0.15, -0.1) is 0 Å². The summed E-state index contributed by atoms with van der Waals surface area (Å²) in [5.74, 6) is -0.225. The van der Waals surface area contributed by atoms with Crippen LogP contribution in [0.15, 0.2) is 23.2 Å². The number of sulfonamides is 1. The lowest BCUT2D eigenvalue weighted by atomic mass is 9.92. The molecule has 1 unspecified atom stereocenters. The molecule has 1 aliphatic carbocycles. The highest BCUT2D eigenvalue weighted by Gasteiger charge is 2.50. The molecule has 2 aliphatic rings. The third-order valence-electron chi connectivity index (χ3n) is 4.56. The van der Waals surface area contributed by atoms with Gasteiger partial charge < -0.3 is 5.11 Å². The summed E-state index contributed by atoms with van der Waals surface area (Å²) in [5, 5.41) is 10.2. The quantitative estimate of drug-likeness (QED) is 0.906. The summed E-state index contributed by atoms with van der Waals surface area (Å²) in [7, 11) is -4.30. The smallest absolute Gasteiger partial charge is 0.390 e. The van der Waals surface area contributed by atoms with Gasteiger partial charge in [0.15, 0.2) is 5.69 Å². The Morgan fingerprint density at radius 2 is 2.04 bits per heavy atom. The molecule has 1 aromatic rings. The van der Waals surface area contributed by atoms with E-state index < -0.39 is 32.4 Å². The molecule has 1 aliphatic heterocycles. The predicted octanol–water partition coefficient (Wildman–Crippen LogP) is 2.03. The summed E-state index contributed by atoms with van der Waals surface area (Å²) in [6, 6.07) is 2.11. The van der Waals surface area contributed by atoms with E-state index in [1.807, 2.05) is 0 Å². The summed E-state index contributed by atoms with van der Waals surface area (Å²) < 4.78 is 65.5. The maximum Gasteiger partial charge on any atom is 0.434 e. The van der Waals surface area contributed by atoms with E-state index in [0.29, 0.717) is 25.7 Å². The number of alkyl halides is 3. The molecule has 3 rings (SSSR count). The summed E-state index contributed by atoms with van der Waals surface area (Å²) in [6.07, 6.45) is -1.48. The van der Waals surface area contributed by atoms with Crippen LogP contribution < -0.4 is 0 Å². The summed E-state index contributed by atoms with van der Waals surface area (Å²) >= 11 is 0. The van der Waals surface area contributed by atoms with Crippen molar-refractivity contribution in [3.63, 3.8) is 0 Å². The molecule has 0 spiro atoms. The zero-order valence-corrected chi connectivity index (χ0v) is 13.1. The Balaban J connectivity index is 1.93. The maximum absolute atomic E-state index is 13.0. The SMILES string of the molecule is O=S(=O)(c1cccnc1C(F)(F)F)N1CCCC(C2(O)CC2)C1. The summed E-state index contributed by atoms with van der Waals surface area (Å²) in [4.78, 5) is 2.39. The molecule has 1 aromatic heterocycles. The fourth-order valence-electron chi connectivity index (χ4n) is 3.09. The van der Waals surface area contributed by atoms with Crippen molar-refractivity contribution < 1.29 is 26.7 Å². The molecule has 128 valence electrons. The number of nitrogens with zero attached hydrogens (tertiary/aromatic N) is 2. The number of hydrogen-bond donors (Lipinski definition) is 1. The number of hydrogen-bond acceptors (Lipinski definition) is 4. The largest absolute Gasteiger partial charge is 0.434 e. The Morgan fingerprint density at radius 1 is 1.35 bits per heavy atom. The van der Waals surface area contributed by atoms with Crippen molar-refractivity contribution in [2.75, 3.05) is 13.1 Å². The van der Waals surface area contributed by atoms with Gasteiger partial charge in [0.05, 0.1) is 5.60 Å². The van der Waals surface area contributed by atoms with Crippen molar-refractivity contribution in [1.29, 1.82) is 0 Å². The lowest BCUT2D eigenvalue weighted by Crippen LogP contribution is -2.44. The van der Waals surface area contributed by atoms with Crippen LogP contribution in [-0.4, -0.2) is 41.5 Å². The highest BCUT2D eigenvalue weighted by atomic mass is 32.2. The second-order valence-electron chi connectivity index (χ2n) is 6.15. The number of piperidine rings is 1. The van der Waals surface area contributed by atoms with Crippen molar-refractivity contribution in [1.82, 2.24) is 9.29 Å². The van der Waals surface area contributed by atoms with Crippen molar-refractivity contribution >= 4 is 10.0 Å². The summed E-state index contributed by atoms with van der Waals surface area (Å²) in [6.45, 7) is 0.201. The monoisotopic (exact) mass is 350 g/mol. The zero-order chi connectivity index (χ0) is 16.9. The van der Waals surface area contributed by atoms with Gasteiger partial charge in [0, 0.05) is 25.2 Å². The molecule has 2 fully saturated rings. The van der Waals surface area contributed by atoms with E-state index in [9.17, 15) is 26.7 Å². The average molecular weight is 350 g/mol. The Labute approximate surface area is 132 Å². The molecular weight excluding hydrogens is 333 g/mol. The van der Waals surface area contributed by atoms with E-state index in [4.69, 9.17) is 0 Å². The fraction of sp³-hybridized carbons (Fsp3) is 0.643. The Hall–Kier alpha value is -1.19. The molecular formula is C14H17F3N2O3S. The maximum atomic E-state index is 13.0. The first kappa shape index (κ1) is 16.7. The number of aliphatic hydroxyl groups is 1. The third kappa shape index (κ3) is 3.09. The zero-order valence-electron chi connectivity index (χ0n) is 12.3. The van der Waals surface area contributed by atoms with Crippen molar-refractivity contribution in [2.45, 2.75) is 42.4 Å². The normalized spacial score (nSPS) is 25.3. The highest BCUT2D eigenvalue weighted by Crippen LogP contribution is 2.46. The first-order valence-electron chi connectivity index (χ1n) is 7.39.